The number of nitrogens with one attached hydrogen (secondary N) is 1. The average Bonchev–Trinajstić information content (AvgIpc) is 2.67. The molecule has 1 N–H and O–H groups in total. The van der Waals surface area contributed by atoms with Crippen molar-refractivity contribution in [3.05, 3.63) is 40.2 Å². The summed E-state index contributed by atoms with van der Waals surface area (Å²) < 4.78 is 5.45. The third kappa shape index (κ3) is 4.60. The van der Waals surface area contributed by atoms with Gasteiger partial charge in [-0.15, -0.1) is 0 Å². The van der Waals surface area contributed by atoms with Gasteiger partial charge in [0.15, 0.2) is 0 Å². The van der Waals surface area contributed by atoms with Gasteiger partial charge in [0.05, 0.1) is 32.6 Å². The van der Waals surface area contributed by atoms with E-state index in [0.717, 1.165) is 69.4 Å². The minimum Gasteiger partial charge on any atom is -0.381 e. The summed E-state index contributed by atoms with van der Waals surface area (Å²) in [4.78, 5) is 19.2. The van der Waals surface area contributed by atoms with Gasteiger partial charge in [-0.3, -0.25) is 9.69 Å². The molecule has 4 rings (SSSR count). The SMILES string of the molecule is [C-]#[N+]C1(CN2CC3(CCC(C(=O)Nc4cc(C)cc(Cl)c4)CC3)C2)CCOCC1. The monoisotopic (exact) mass is 415 g/mol. The highest BCUT2D eigenvalue weighted by atomic mass is 35.5. The lowest BCUT2D eigenvalue weighted by Crippen LogP contribution is -2.61. The van der Waals surface area contributed by atoms with Crippen molar-refractivity contribution in [1.82, 2.24) is 4.90 Å². The highest BCUT2D eigenvalue weighted by Gasteiger charge is 2.50. The molecule has 2 heterocycles. The number of rotatable bonds is 4. The van der Waals surface area contributed by atoms with E-state index in [4.69, 9.17) is 22.9 Å². The zero-order valence-electron chi connectivity index (χ0n) is 17.2. The van der Waals surface area contributed by atoms with Crippen molar-refractivity contribution in [2.45, 2.75) is 51.0 Å². The number of halogens is 1. The number of carbonyl (C=O) groups excluding carboxylic acids is 1. The normalized spacial score (nSPS) is 23.9. The first-order valence-electron chi connectivity index (χ1n) is 10.7. The molecule has 1 aromatic carbocycles. The van der Waals surface area contributed by atoms with Crippen LogP contribution in [0.5, 0.6) is 0 Å². The van der Waals surface area contributed by atoms with Gasteiger partial charge in [-0.25, -0.2) is 6.57 Å². The van der Waals surface area contributed by atoms with Gasteiger partial charge in [0.1, 0.15) is 0 Å². The molecular weight excluding hydrogens is 386 g/mol. The third-order valence-electron chi connectivity index (χ3n) is 7.02. The highest BCUT2D eigenvalue weighted by Crippen LogP contribution is 2.46. The van der Waals surface area contributed by atoms with Crippen molar-refractivity contribution in [2.75, 3.05) is 38.2 Å². The Labute approximate surface area is 178 Å². The molecule has 0 bridgehead atoms. The summed E-state index contributed by atoms with van der Waals surface area (Å²) in [5.41, 5.74) is 1.95. The molecule has 0 radical (unpaired) electrons. The van der Waals surface area contributed by atoms with Crippen molar-refractivity contribution < 1.29 is 9.53 Å². The fraction of sp³-hybridized carbons (Fsp3) is 0.652. The first kappa shape index (κ1) is 20.7. The predicted molar refractivity (Wildman–Crippen MR) is 115 cm³/mol. The third-order valence-corrected chi connectivity index (χ3v) is 7.24. The topological polar surface area (TPSA) is 45.9 Å². The van der Waals surface area contributed by atoms with E-state index in [1.807, 2.05) is 25.1 Å². The molecule has 0 unspecified atom stereocenters. The maximum absolute atomic E-state index is 12.7. The number of hydrogen-bond acceptors (Lipinski definition) is 3. The fourth-order valence-electron chi connectivity index (χ4n) is 5.35. The Balaban J connectivity index is 1.26. The van der Waals surface area contributed by atoms with Gasteiger partial charge in [0.2, 0.25) is 11.4 Å². The molecule has 29 heavy (non-hydrogen) atoms. The van der Waals surface area contributed by atoms with Gasteiger partial charge in [-0.2, -0.15) is 0 Å². The summed E-state index contributed by atoms with van der Waals surface area (Å²) in [6, 6.07) is 5.66. The van der Waals surface area contributed by atoms with Crippen molar-refractivity contribution in [3.63, 3.8) is 0 Å². The highest BCUT2D eigenvalue weighted by molar-refractivity contribution is 6.31. The van der Waals surface area contributed by atoms with Gasteiger partial charge in [0, 0.05) is 29.7 Å². The molecule has 2 aliphatic heterocycles. The van der Waals surface area contributed by atoms with Gasteiger partial charge < -0.3 is 14.9 Å². The molecule has 0 aromatic heterocycles. The van der Waals surface area contributed by atoms with Crippen LogP contribution in [0.15, 0.2) is 18.2 Å². The Bertz CT molecular complexity index is 777. The van der Waals surface area contributed by atoms with Crippen LogP contribution >= 0.6 is 11.6 Å². The lowest BCUT2D eigenvalue weighted by atomic mass is 9.65. The van der Waals surface area contributed by atoms with E-state index in [9.17, 15) is 4.79 Å². The van der Waals surface area contributed by atoms with Crippen molar-refractivity contribution in [3.8, 4) is 0 Å². The molecule has 5 nitrogen and oxygen atoms in total. The van der Waals surface area contributed by atoms with Crippen LogP contribution in [0, 0.1) is 24.8 Å². The number of likely N-dealkylation sites (tertiary alicyclic amines) is 1. The average molecular weight is 416 g/mol. The summed E-state index contributed by atoms with van der Waals surface area (Å²) in [5.74, 6) is 0.200. The zero-order chi connectivity index (χ0) is 20.5. The largest absolute Gasteiger partial charge is 0.381 e. The molecule has 1 aliphatic carbocycles. The van der Waals surface area contributed by atoms with Crippen LogP contribution in [0.2, 0.25) is 5.02 Å². The molecule has 156 valence electrons. The second-order valence-corrected chi connectivity index (χ2v) is 9.81. The van der Waals surface area contributed by atoms with Crippen LogP contribution in [0.4, 0.5) is 5.69 Å². The Hall–Kier alpha value is -1.61. The van der Waals surface area contributed by atoms with Gasteiger partial charge in [-0.1, -0.05) is 11.6 Å². The maximum atomic E-state index is 12.7. The van der Waals surface area contributed by atoms with Gasteiger partial charge >= 0.3 is 0 Å². The Morgan fingerprint density at radius 2 is 1.93 bits per heavy atom. The van der Waals surface area contributed by atoms with Crippen molar-refractivity contribution >= 4 is 23.2 Å². The quantitative estimate of drug-likeness (QED) is 0.734. The first-order chi connectivity index (χ1) is 13.9. The van der Waals surface area contributed by atoms with E-state index >= 15 is 0 Å². The molecule has 2 saturated heterocycles. The number of aryl methyl sites for hydroxylation is 1. The van der Waals surface area contributed by atoms with E-state index in [2.05, 4.69) is 15.1 Å². The number of benzene rings is 1. The van der Waals surface area contributed by atoms with E-state index in [1.54, 1.807) is 0 Å². The Morgan fingerprint density at radius 1 is 1.24 bits per heavy atom. The standard InChI is InChI=1S/C23H30ClN3O2/c1-17-11-19(24)13-20(12-17)26-21(28)18-3-5-22(6-4-18)14-27(15-22)16-23(25-2)7-9-29-10-8-23/h11-13,18H,3-10,14-16H2,1H3,(H,26,28). The number of anilines is 1. The van der Waals surface area contributed by atoms with Crippen LogP contribution in [-0.4, -0.2) is 49.2 Å². The molecule has 0 atom stereocenters. The predicted octanol–water partition coefficient (Wildman–Crippen LogP) is 4.55. The fourth-order valence-corrected chi connectivity index (χ4v) is 5.64. The first-order valence-corrected chi connectivity index (χ1v) is 11.1. The van der Waals surface area contributed by atoms with Crippen LogP contribution < -0.4 is 5.32 Å². The molecule has 1 spiro atoms. The van der Waals surface area contributed by atoms with E-state index in [0.29, 0.717) is 23.7 Å². The van der Waals surface area contributed by atoms with Crippen molar-refractivity contribution in [2.24, 2.45) is 11.3 Å². The lowest BCUT2D eigenvalue weighted by molar-refractivity contribution is -0.123. The van der Waals surface area contributed by atoms with Crippen LogP contribution in [0.3, 0.4) is 0 Å². The summed E-state index contributed by atoms with van der Waals surface area (Å²) in [6.45, 7) is 14.1. The lowest BCUT2D eigenvalue weighted by Gasteiger charge is -2.54. The number of carbonyl (C=O) groups is 1. The van der Waals surface area contributed by atoms with E-state index < -0.39 is 0 Å². The summed E-state index contributed by atoms with van der Waals surface area (Å²) >= 11 is 6.11. The van der Waals surface area contributed by atoms with Crippen LogP contribution in [-0.2, 0) is 9.53 Å². The van der Waals surface area contributed by atoms with Crippen LogP contribution in [0.25, 0.3) is 4.85 Å². The number of hydrogen-bond donors (Lipinski definition) is 1. The molecule has 3 fully saturated rings. The van der Waals surface area contributed by atoms with Crippen LogP contribution in [0.1, 0.15) is 44.1 Å². The zero-order valence-corrected chi connectivity index (χ0v) is 17.9. The minimum absolute atomic E-state index is 0.0824. The minimum atomic E-state index is -0.244. The molecule has 6 heteroatoms. The smallest absolute Gasteiger partial charge is 0.249 e. The summed E-state index contributed by atoms with van der Waals surface area (Å²) in [5, 5.41) is 3.71. The van der Waals surface area contributed by atoms with Crippen molar-refractivity contribution in [1.29, 1.82) is 0 Å². The number of amides is 1. The second kappa shape index (κ2) is 8.26. The molecule has 3 aliphatic rings. The number of ether oxygens (including phenoxy) is 1. The Kier molecular flexibility index (Phi) is 5.88. The summed E-state index contributed by atoms with van der Waals surface area (Å²) in [7, 11) is 0. The molecule has 1 aromatic rings. The molecule has 1 saturated carbocycles. The molecule has 1 amide bonds. The second-order valence-electron chi connectivity index (χ2n) is 9.37. The van der Waals surface area contributed by atoms with E-state index in [-0.39, 0.29) is 17.4 Å². The molecular formula is C23H30ClN3O2. The van der Waals surface area contributed by atoms with Gasteiger partial charge in [-0.05, 0) is 61.8 Å². The van der Waals surface area contributed by atoms with E-state index in [1.165, 1.54) is 0 Å². The summed E-state index contributed by atoms with van der Waals surface area (Å²) in [6.07, 6.45) is 5.80. The maximum Gasteiger partial charge on any atom is 0.249 e. The number of nitrogens with zero attached hydrogens (tertiary/aromatic N) is 2. The van der Waals surface area contributed by atoms with Gasteiger partial charge in [0.25, 0.3) is 0 Å². The Morgan fingerprint density at radius 3 is 2.55 bits per heavy atom.